The first-order valence-corrected chi connectivity index (χ1v) is 9.05. The van der Waals surface area contributed by atoms with E-state index >= 15 is 0 Å². The van der Waals surface area contributed by atoms with E-state index in [-0.39, 0.29) is 42.8 Å². The molecule has 0 aromatic carbocycles. The molecule has 25 heavy (non-hydrogen) atoms. The third kappa shape index (κ3) is 3.62. The number of piperidine rings is 1. The largest absolute Gasteiger partial charge is 0.350 e. The maximum Gasteiger partial charge on any atom is 0.327 e. The number of nitrogens with one attached hydrogen (secondary N) is 2. The normalized spacial score (nSPS) is 28.9. The molecular formula is C17H29ClN4O3. The molecule has 4 amide bonds. The van der Waals surface area contributed by atoms with Gasteiger partial charge in [0.2, 0.25) is 5.91 Å². The van der Waals surface area contributed by atoms with Crippen LogP contribution in [0.1, 0.15) is 45.4 Å². The zero-order valence-corrected chi connectivity index (χ0v) is 15.9. The lowest BCUT2D eigenvalue weighted by Gasteiger charge is -2.35. The highest BCUT2D eigenvalue weighted by atomic mass is 35.5. The van der Waals surface area contributed by atoms with Crippen LogP contribution in [0.4, 0.5) is 4.79 Å². The van der Waals surface area contributed by atoms with Crippen LogP contribution in [-0.2, 0) is 9.59 Å². The molecule has 1 aliphatic carbocycles. The average Bonchev–Trinajstić information content (AvgIpc) is 2.74. The molecule has 2 unspecified atom stereocenters. The van der Waals surface area contributed by atoms with Crippen molar-refractivity contribution >= 4 is 30.3 Å². The minimum atomic E-state index is -0.713. The molecule has 0 bridgehead atoms. The molecule has 0 aromatic heterocycles. The number of carbonyl (C=O) groups excluding carboxylic acids is 3. The smallest absolute Gasteiger partial charge is 0.327 e. The van der Waals surface area contributed by atoms with Gasteiger partial charge in [-0.05, 0) is 31.7 Å². The number of rotatable bonds is 3. The summed E-state index contributed by atoms with van der Waals surface area (Å²) >= 11 is 0. The zero-order chi connectivity index (χ0) is 17.3. The van der Waals surface area contributed by atoms with E-state index in [1.54, 1.807) is 11.9 Å². The minimum Gasteiger partial charge on any atom is -0.350 e. The van der Waals surface area contributed by atoms with E-state index in [4.69, 9.17) is 0 Å². The maximum atomic E-state index is 12.9. The predicted octanol–water partition coefficient (Wildman–Crippen LogP) is 1.12. The molecule has 1 saturated carbocycles. The molecule has 3 fully saturated rings. The summed E-state index contributed by atoms with van der Waals surface area (Å²) in [6.07, 6.45) is 5.43. The molecule has 1 spiro atoms. The standard InChI is InChI=1S/C17H28N4O3.ClH/c1-12-6-9-18-10-13(12)19-14(22)11-21-15(23)17(20(2)16(21)24)7-4-3-5-8-17;/h12-13,18H,3-11H2,1-2H3,(H,19,22);1H. The Hall–Kier alpha value is -1.34. The summed E-state index contributed by atoms with van der Waals surface area (Å²) in [7, 11) is 1.69. The van der Waals surface area contributed by atoms with Gasteiger partial charge in [0.1, 0.15) is 12.1 Å². The van der Waals surface area contributed by atoms with Crippen molar-refractivity contribution in [3.63, 3.8) is 0 Å². The molecule has 0 aromatic rings. The van der Waals surface area contributed by atoms with Gasteiger partial charge in [0.05, 0.1) is 0 Å². The molecule has 2 N–H and O–H groups in total. The van der Waals surface area contributed by atoms with Crippen LogP contribution < -0.4 is 10.6 Å². The van der Waals surface area contributed by atoms with Crippen molar-refractivity contribution in [3.05, 3.63) is 0 Å². The topological polar surface area (TPSA) is 81.8 Å². The van der Waals surface area contributed by atoms with E-state index in [0.29, 0.717) is 18.8 Å². The number of imide groups is 1. The summed E-state index contributed by atoms with van der Waals surface area (Å²) in [6, 6.07) is -0.285. The van der Waals surface area contributed by atoms with E-state index in [9.17, 15) is 14.4 Å². The lowest BCUT2D eigenvalue weighted by Crippen LogP contribution is -2.53. The summed E-state index contributed by atoms with van der Waals surface area (Å²) in [5.74, 6) is -0.0503. The fourth-order valence-electron chi connectivity index (χ4n) is 4.25. The van der Waals surface area contributed by atoms with Crippen LogP contribution >= 0.6 is 12.4 Å². The second-order valence-corrected chi connectivity index (χ2v) is 7.47. The Kier molecular flexibility index (Phi) is 6.32. The van der Waals surface area contributed by atoms with Crippen LogP contribution in [0.25, 0.3) is 0 Å². The Labute approximate surface area is 155 Å². The van der Waals surface area contributed by atoms with Gasteiger partial charge < -0.3 is 15.5 Å². The van der Waals surface area contributed by atoms with E-state index in [0.717, 1.165) is 43.7 Å². The third-order valence-electron chi connectivity index (χ3n) is 5.96. The van der Waals surface area contributed by atoms with Crippen LogP contribution in [-0.4, -0.2) is 65.9 Å². The number of likely N-dealkylation sites (N-methyl/N-ethyl adjacent to an activating group) is 1. The summed E-state index contributed by atoms with van der Waals surface area (Å²) < 4.78 is 0. The first kappa shape index (κ1) is 20.0. The number of halogens is 1. The molecule has 7 nitrogen and oxygen atoms in total. The SMILES string of the molecule is CC1CCNCC1NC(=O)CN1C(=O)N(C)C2(CCCCC2)C1=O.Cl. The lowest BCUT2D eigenvalue weighted by atomic mass is 9.81. The molecular weight excluding hydrogens is 344 g/mol. The van der Waals surface area contributed by atoms with Crippen molar-refractivity contribution in [2.24, 2.45) is 5.92 Å². The second-order valence-electron chi connectivity index (χ2n) is 7.47. The Morgan fingerprint density at radius 3 is 2.60 bits per heavy atom. The highest BCUT2D eigenvalue weighted by Gasteiger charge is 2.55. The molecule has 142 valence electrons. The van der Waals surface area contributed by atoms with E-state index < -0.39 is 5.54 Å². The molecule has 2 saturated heterocycles. The van der Waals surface area contributed by atoms with Crippen molar-refractivity contribution in [1.82, 2.24) is 20.4 Å². The second kappa shape index (κ2) is 7.91. The number of hydrogen-bond acceptors (Lipinski definition) is 4. The third-order valence-corrected chi connectivity index (χ3v) is 5.96. The van der Waals surface area contributed by atoms with Gasteiger partial charge in [-0.3, -0.25) is 14.5 Å². The van der Waals surface area contributed by atoms with E-state index in [1.807, 2.05) is 0 Å². The van der Waals surface area contributed by atoms with Crippen molar-refractivity contribution in [2.45, 2.75) is 57.0 Å². The van der Waals surface area contributed by atoms with Crippen molar-refractivity contribution < 1.29 is 14.4 Å². The molecule has 2 atom stereocenters. The van der Waals surface area contributed by atoms with Crippen molar-refractivity contribution in [2.75, 3.05) is 26.7 Å². The predicted molar refractivity (Wildman–Crippen MR) is 96.5 cm³/mol. The van der Waals surface area contributed by atoms with Gasteiger partial charge in [-0.1, -0.05) is 26.2 Å². The molecule has 3 aliphatic rings. The van der Waals surface area contributed by atoms with Crippen molar-refractivity contribution in [1.29, 1.82) is 0 Å². The van der Waals surface area contributed by atoms with E-state index in [2.05, 4.69) is 17.6 Å². The maximum absolute atomic E-state index is 12.9. The Morgan fingerprint density at radius 2 is 1.96 bits per heavy atom. The van der Waals surface area contributed by atoms with Gasteiger partial charge in [0, 0.05) is 19.6 Å². The summed E-state index contributed by atoms with van der Waals surface area (Å²) in [4.78, 5) is 40.5. The van der Waals surface area contributed by atoms with Gasteiger partial charge in [-0.15, -0.1) is 12.4 Å². The van der Waals surface area contributed by atoms with Gasteiger partial charge in [-0.25, -0.2) is 4.79 Å². The highest BCUT2D eigenvalue weighted by Crippen LogP contribution is 2.39. The zero-order valence-electron chi connectivity index (χ0n) is 15.0. The lowest BCUT2D eigenvalue weighted by molar-refractivity contribution is -0.137. The summed E-state index contributed by atoms with van der Waals surface area (Å²) in [6.45, 7) is 3.64. The van der Waals surface area contributed by atoms with Crippen LogP contribution in [0.15, 0.2) is 0 Å². The Balaban J connectivity index is 0.00000225. The van der Waals surface area contributed by atoms with Crippen molar-refractivity contribution in [3.8, 4) is 0 Å². The number of hydrogen-bond donors (Lipinski definition) is 2. The first-order chi connectivity index (χ1) is 11.5. The summed E-state index contributed by atoms with van der Waals surface area (Å²) in [5.41, 5.74) is -0.713. The monoisotopic (exact) mass is 372 g/mol. The quantitative estimate of drug-likeness (QED) is 0.727. The molecule has 2 heterocycles. The molecule has 3 rings (SSSR count). The fourth-order valence-corrected chi connectivity index (χ4v) is 4.25. The highest BCUT2D eigenvalue weighted by molar-refractivity contribution is 6.08. The fraction of sp³-hybridized carbons (Fsp3) is 0.824. The van der Waals surface area contributed by atoms with Crippen LogP contribution in [0.5, 0.6) is 0 Å². The number of urea groups is 1. The van der Waals surface area contributed by atoms with Gasteiger partial charge in [-0.2, -0.15) is 0 Å². The summed E-state index contributed by atoms with van der Waals surface area (Å²) in [5, 5.41) is 6.24. The number of nitrogens with zero attached hydrogens (tertiary/aromatic N) is 2. The number of amides is 4. The minimum absolute atomic E-state index is 0. The average molecular weight is 373 g/mol. The number of carbonyl (C=O) groups is 3. The van der Waals surface area contributed by atoms with Gasteiger partial charge >= 0.3 is 6.03 Å². The molecule has 8 heteroatoms. The Bertz CT molecular complexity index is 536. The first-order valence-electron chi connectivity index (χ1n) is 9.05. The van der Waals surface area contributed by atoms with Crippen LogP contribution in [0, 0.1) is 5.92 Å². The van der Waals surface area contributed by atoms with Gasteiger partial charge in [0.15, 0.2) is 0 Å². The van der Waals surface area contributed by atoms with Crippen LogP contribution in [0.3, 0.4) is 0 Å². The Morgan fingerprint density at radius 1 is 1.28 bits per heavy atom. The molecule has 2 aliphatic heterocycles. The van der Waals surface area contributed by atoms with Crippen LogP contribution in [0.2, 0.25) is 0 Å². The van der Waals surface area contributed by atoms with Gasteiger partial charge in [0.25, 0.3) is 5.91 Å². The van der Waals surface area contributed by atoms with E-state index in [1.165, 1.54) is 0 Å². The molecule has 0 radical (unpaired) electrons.